The molecule has 0 N–H and O–H groups in total. The summed E-state index contributed by atoms with van der Waals surface area (Å²) in [6, 6.07) is 24.4. The Hall–Kier alpha value is -3.44. The predicted octanol–water partition coefficient (Wildman–Crippen LogP) is 4.35. The summed E-state index contributed by atoms with van der Waals surface area (Å²) in [4.78, 5) is 17.7. The van der Waals surface area contributed by atoms with Crippen LogP contribution in [0.25, 0.3) is 33.8 Å². The van der Waals surface area contributed by atoms with Gasteiger partial charge in [-0.25, -0.2) is 4.98 Å². The zero-order chi connectivity index (χ0) is 18.4. The van der Waals surface area contributed by atoms with Crippen molar-refractivity contribution in [1.82, 2.24) is 19.2 Å². The Morgan fingerprint density at radius 2 is 1.52 bits per heavy atom. The first-order valence-corrected chi connectivity index (χ1v) is 8.82. The summed E-state index contributed by atoms with van der Waals surface area (Å²) < 4.78 is 3.25. The van der Waals surface area contributed by atoms with Crippen LogP contribution in [0.3, 0.4) is 0 Å². The van der Waals surface area contributed by atoms with Gasteiger partial charge in [-0.1, -0.05) is 41.9 Å². The molecule has 5 nitrogen and oxygen atoms in total. The summed E-state index contributed by atoms with van der Waals surface area (Å²) in [5.41, 5.74) is 2.17. The Morgan fingerprint density at radius 1 is 0.815 bits per heavy atom. The Morgan fingerprint density at radius 3 is 2.30 bits per heavy atom. The fraction of sp³-hybridized carbons (Fsp3) is 0. The van der Waals surface area contributed by atoms with Gasteiger partial charge >= 0.3 is 0 Å². The highest BCUT2D eigenvalue weighted by molar-refractivity contribution is 6.30. The topological polar surface area (TPSA) is 52.2 Å². The number of nitrogens with zero attached hydrogens (tertiary/aromatic N) is 4. The van der Waals surface area contributed by atoms with Crippen LogP contribution in [0.2, 0.25) is 5.02 Å². The molecule has 0 aliphatic heterocycles. The number of hydrogen-bond acceptors (Lipinski definition) is 3. The van der Waals surface area contributed by atoms with E-state index in [1.807, 2.05) is 65.2 Å². The minimum atomic E-state index is -0.194. The standard InChI is InChI=1S/C21H13ClN4O/c22-15-12-10-14(11-13-15)19-24-26-20(27)17-8-4-5-9-18(17)23-21(26)25(19)16-6-2-1-3-7-16/h1-13H. The molecule has 0 aliphatic rings. The minimum Gasteiger partial charge on any atom is -0.267 e. The van der Waals surface area contributed by atoms with Crippen LogP contribution in [0, 0.1) is 0 Å². The monoisotopic (exact) mass is 372 g/mol. The SMILES string of the molecule is O=c1c2ccccc2nc2n(-c3ccccc3)c(-c3ccc(Cl)cc3)nn12. The fourth-order valence-corrected chi connectivity index (χ4v) is 3.31. The quantitative estimate of drug-likeness (QED) is 0.463. The van der Waals surface area contributed by atoms with Crippen molar-refractivity contribution in [2.45, 2.75) is 0 Å². The molecule has 0 unspecified atom stereocenters. The Balaban J connectivity index is 1.94. The molecule has 5 rings (SSSR count). The Kier molecular flexibility index (Phi) is 3.55. The molecule has 2 aromatic heterocycles. The minimum absolute atomic E-state index is 0.194. The van der Waals surface area contributed by atoms with Crippen molar-refractivity contribution in [2.75, 3.05) is 0 Å². The fourth-order valence-electron chi connectivity index (χ4n) is 3.18. The molecule has 3 aromatic carbocycles. The molecule has 0 fully saturated rings. The maximum atomic E-state index is 13.0. The van der Waals surface area contributed by atoms with Crippen LogP contribution in [0.5, 0.6) is 0 Å². The average molecular weight is 373 g/mol. The summed E-state index contributed by atoms with van der Waals surface area (Å²) in [5.74, 6) is 1.09. The van der Waals surface area contributed by atoms with E-state index in [9.17, 15) is 4.79 Å². The van der Waals surface area contributed by atoms with Crippen LogP contribution >= 0.6 is 11.6 Å². The van der Waals surface area contributed by atoms with E-state index in [2.05, 4.69) is 5.10 Å². The summed E-state index contributed by atoms with van der Waals surface area (Å²) >= 11 is 6.04. The molecular weight excluding hydrogens is 360 g/mol. The number of fused-ring (bicyclic) bond motifs is 2. The van der Waals surface area contributed by atoms with Crippen molar-refractivity contribution in [3.8, 4) is 17.1 Å². The molecular formula is C21H13ClN4O. The lowest BCUT2D eigenvalue weighted by atomic mass is 10.2. The molecule has 130 valence electrons. The lowest BCUT2D eigenvalue weighted by Crippen LogP contribution is -2.16. The largest absolute Gasteiger partial charge is 0.283 e. The van der Waals surface area contributed by atoms with Crippen molar-refractivity contribution in [3.05, 3.63) is 94.2 Å². The summed E-state index contributed by atoms with van der Waals surface area (Å²) in [6.07, 6.45) is 0. The van der Waals surface area contributed by atoms with E-state index in [1.165, 1.54) is 4.52 Å². The summed E-state index contributed by atoms with van der Waals surface area (Å²) in [6.45, 7) is 0. The van der Waals surface area contributed by atoms with Crippen LogP contribution in [0.15, 0.2) is 83.7 Å². The maximum absolute atomic E-state index is 13.0. The van der Waals surface area contributed by atoms with Crippen LogP contribution in [-0.2, 0) is 0 Å². The number of halogens is 1. The van der Waals surface area contributed by atoms with Gasteiger partial charge in [0.05, 0.1) is 16.6 Å². The van der Waals surface area contributed by atoms with Crippen molar-refractivity contribution in [3.63, 3.8) is 0 Å². The number of para-hydroxylation sites is 2. The molecule has 0 radical (unpaired) electrons. The normalized spacial score (nSPS) is 11.3. The number of benzene rings is 3. The van der Waals surface area contributed by atoms with Crippen molar-refractivity contribution >= 4 is 28.3 Å². The van der Waals surface area contributed by atoms with Crippen LogP contribution in [0.1, 0.15) is 0 Å². The van der Waals surface area contributed by atoms with Crippen LogP contribution in [-0.4, -0.2) is 19.2 Å². The lowest BCUT2D eigenvalue weighted by molar-refractivity contribution is 0.917. The Labute approximate surface area is 159 Å². The summed E-state index contributed by atoms with van der Waals surface area (Å²) in [7, 11) is 0. The molecule has 0 saturated carbocycles. The van der Waals surface area contributed by atoms with E-state index in [1.54, 1.807) is 18.2 Å². The highest BCUT2D eigenvalue weighted by Gasteiger charge is 2.18. The predicted molar refractivity (Wildman–Crippen MR) is 107 cm³/mol. The molecule has 5 aromatic rings. The van der Waals surface area contributed by atoms with Gasteiger partial charge in [0.1, 0.15) is 0 Å². The second-order valence-electron chi connectivity index (χ2n) is 6.15. The summed E-state index contributed by atoms with van der Waals surface area (Å²) in [5, 5.41) is 5.78. The van der Waals surface area contributed by atoms with Gasteiger partial charge in [0.2, 0.25) is 5.78 Å². The van der Waals surface area contributed by atoms with Gasteiger partial charge in [-0.3, -0.25) is 9.36 Å². The number of rotatable bonds is 2. The molecule has 27 heavy (non-hydrogen) atoms. The van der Waals surface area contributed by atoms with Gasteiger partial charge in [-0.2, -0.15) is 4.52 Å². The van der Waals surface area contributed by atoms with E-state index in [-0.39, 0.29) is 5.56 Å². The van der Waals surface area contributed by atoms with Crippen LogP contribution in [0.4, 0.5) is 0 Å². The molecule has 2 heterocycles. The molecule has 0 spiro atoms. The van der Waals surface area contributed by atoms with E-state index >= 15 is 0 Å². The molecule has 0 saturated heterocycles. The second-order valence-corrected chi connectivity index (χ2v) is 6.58. The zero-order valence-corrected chi connectivity index (χ0v) is 14.8. The third-order valence-corrected chi connectivity index (χ3v) is 4.71. The molecule has 6 heteroatoms. The van der Waals surface area contributed by atoms with Gasteiger partial charge in [0, 0.05) is 10.6 Å². The maximum Gasteiger partial charge on any atom is 0.283 e. The van der Waals surface area contributed by atoms with Gasteiger partial charge in [0.15, 0.2) is 5.82 Å². The zero-order valence-electron chi connectivity index (χ0n) is 14.1. The van der Waals surface area contributed by atoms with E-state index in [0.717, 1.165) is 11.3 Å². The molecule has 0 amide bonds. The van der Waals surface area contributed by atoms with Crippen molar-refractivity contribution in [2.24, 2.45) is 0 Å². The van der Waals surface area contributed by atoms with E-state index in [4.69, 9.17) is 16.6 Å². The van der Waals surface area contributed by atoms with E-state index in [0.29, 0.717) is 27.5 Å². The molecule has 0 bridgehead atoms. The average Bonchev–Trinajstić information content (AvgIpc) is 3.09. The molecule has 0 aliphatic carbocycles. The van der Waals surface area contributed by atoms with Gasteiger partial charge in [-0.15, -0.1) is 5.10 Å². The van der Waals surface area contributed by atoms with Gasteiger partial charge in [0.25, 0.3) is 5.56 Å². The van der Waals surface area contributed by atoms with Gasteiger partial charge in [-0.05, 0) is 48.5 Å². The highest BCUT2D eigenvalue weighted by atomic mass is 35.5. The van der Waals surface area contributed by atoms with Crippen LogP contribution < -0.4 is 5.56 Å². The number of hydrogen-bond donors (Lipinski definition) is 0. The third kappa shape index (κ3) is 2.52. The van der Waals surface area contributed by atoms with E-state index < -0.39 is 0 Å². The molecule has 0 atom stereocenters. The van der Waals surface area contributed by atoms with Crippen molar-refractivity contribution < 1.29 is 0 Å². The second kappa shape index (κ2) is 6.07. The lowest BCUT2D eigenvalue weighted by Gasteiger charge is -2.08. The smallest absolute Gasteiger partial charge is 0.267 e. The first-order valence-electron chi connectivity index (χ1n) is 8.44. The van der Waals surface area contributed by atoms with Gasteiger partial charge < -0.3 is 0 Å². The first kappa shape index (κ1) is 15.8. The Bertz CT molecular complexity index is 1340. The van der Waals surface area contributed by atoms with Crippen molar-refractivity contribution in [1.29, 1.82) is 0 Å². The first-order chi connectivity index (χ1) is 13.2. The number of aromatic nitrogens is 4. The highest BCUT2D eigenvalue weighted by Crippen LogP contribution is 2.25. The third-order valence-electron chi connectivity index (χ3n) is 4.46.